The molecule has 2 nitrogen and oxygen atoms in total. The molecule has 0 amide bonds. The molecule has 0 aliphatic rings. The van der Waals surface area contributed by atoms with Crippen molar-refractivity contribution in [2.75, 3.05) is 0 Å². The first-order valence-corrected chi connectivity index (χ1v) is 11.2. The van der Waals surface area contributed by atoms with Gasteiger partial charge in [-0.15, -0.1) is 0 Å². The van der Waals surface area contributed by atoms with E-state index in [1.165, 1.54) is 0 Å². The molecule has 0 aliphatic carbocycles. The third-order valence-electron chi connectivity index (χ3n) is 2.86. The molecule has 2 rings (SSSR count). The Morgan fingerprint density at radius 2 is 1.30 bits per heavy atom. The van der Waals surface area contributed by atoms with Crippen LogP contribution in [-0.2, 0) is 0 Å². The van der Waals surface area contributed by atoms with Crippen molar-refractivity contribution in [2.24, 2.45) is 0 Å². The summed E-state index contributed by atoms with van der Waals surface area (Å²) in [5.41, 5.74) is 0. The van der Waals surface area contributed by atoms with Crippen LogP contribution in [0.4, 0.5) is 0 Å². The predicted molar refractivity (Wildman–Crippen MR) is 88.5 cm³/mol. The number of halogens is 1. The monoisotopic (exact) mass is 350 g/mol. The van der Waals surface area contributed by atoms with Gasteiger partial charge in [-0.05, 0) is 46.0 Å². The van der Waals surface area contributed by atoms with Crippen LogP contribution in [-0.4, -0.2) is 7.18 Å². The molecule has 0 N–H and O–H groups in total. The molecule has 4 heteroatoms. The number of rotatable bonds is 7. The van der Waals surface area contributed by atoms with E-state index in [4.69, 9.17) is 8.85 Å². The number of para-hydroxylation sites is 2. The molecule has 0 aromatic heterocycles. The quantitative estimate of drug-likeness (QED) is 0.499. The zero-order valence-electron chi connectivity index (χ0n) is 11.6. The van der Waals surface area contributed by atoms with Crippen LogP contribution < -0.4 is 8.85 Å². The molecule has 0 fully saturated rings. The second kappa shape index (κ2) is 7.50. The van der Waals surface area contributed by atoms with Crippen molar-refractivity contribution in [2.45, 2.75) is 25.8 Å². The predicted octanol–water partition coefficient (Wildman–Crippen LogP) is 5.28. The fourth-order valence-corrected chi connectivity index (χ4v) is 5.80. The van der Waals surface area contributed by atoms with Crippen LogP contribution in [0.25, 0.3) is 0 Å². The lowest BCUT2D eigenvalue weighted by atomic mass is 10.3. The number of hydrogen-bond donors (Lipinski definition) is 0. The van der Waals surface area contributed by atoms with Gasteiger partial charge < -0.3 is 8.85 Å². The second-order valence-corrected chi connectivity index (χ2v) is 10.4. The lowest BCUT2D eigenvalue weighted by molar-refractivity contribution is 0.410. The van der Waals surface area contributed by atoms with Crippen LogP contribution >= 0.6 is 15.3 Å². The molecule has 0 saturated carbocycles. The van der Waals surface area contributed by atoms with Crippen LogP contribution in [0.2, 0.25) is 6.04 Å². The maximum Gasteiger partial charge on any atom is 0.537 e. The Morgan fingerprint density at radius 1 is 0.850 bits per heavy atom. The Bertz CT molecular complexity index is 463. The van der Waals surface area contributed by atoms with Gasteiger partial charge >= 0.3 is 7.18 Å². The first kappa shape index (κ1) is 15.1. The van der Waals surface area contributed by atoms with E-state index in [-0.39, 0.29) is 0 Å². The minimum atomic E-state index is -2.44. The topological polar surface area (TPSA) is 18.5 Å². The molecular formula is C16H19BrO2Si. The SMILES string of the molecule is CCCC[Si](Br)(Oc1ccccc1)Oc1ccccc1. The van der Waals surface area contributed by atoms with Gasteiger partial charge in [0.25, 0.3) is 0 Å². The van der Waals surface area contributed by atoms with Gasteiger partial charge in [-0.1, -0.05) is 49.7 Å². The number of benzene rings is 2. The average molecular weight is 351 g/mol. The Morgan fingerprint density at radius 3 is 1.70 bits per heavy atom. The molecule has 0 atom stereocenters. The molecule has 0 radical (unpaired) electrons. The Labute approximate surface area is 129 Å². The molecule has 0 saturated heterocycles. The van der Waals surface area contributed by atoms with E-state index in [0.29, 0.717) is 0 Å². The molecule has 0 unspecified atom stereocenters. The normalized spacial score (nSPS) is 11.1. The summed E-state index contributed by atoms with van der Waals surface area (Å²) >= 11 is 3.75. The van der Waals surface area contributed by atoms with Gasteiger partial charge in [0.05, 0.1) is 0 Å². The van der Waals surface area contributed by atoms with E-state index >= 15 is 0 Å². The van der Waals surface area contributed by atoms with Gasteiger partial charge in [0.2, 0.25) is 0 Å². The van der Waals surface area contributed by atoms with Gasteiger partial charge in [-0.25, -0.2) is 0 Å². The first-order chi connectivity index (χ1) is 9.72. The smallest absolute Gasteiger partial charge is 0.504 e. The maximum atomic E-state index is 6.14. The molecule has 106 valence electrons. The van der Waals surface area contributed by atoms with Crippen molar-refractivity contribution in [1.29, 1.82) is 0 Å². The van der Waals surface area contributed by atoms with Crippen molar-refractivity contribution in [3.05, 3.63) is 60.7 Å². The lowest BCUT2D eigenvalue weighted by Crippen LogP contribution is -2.42. The third kappa shape index (κ3) is 4.69. The molecular weight excluding hydrogens is 332 g/mol. The minimum absolute atomic E-state index is 0.850. The number of unbranched alkanes of at least 4 members (excludes halogenated alkanes) is 1. The fourth-order valence-electron chi connectivity index (χ4n) is 1.84. The summed E-state index contributed by atoms with van der Waals surface area (Å²) < 4.78 is 12.3. The van der Waals surface area contributed by atoms with Crippen molar-refractivity contribution in [3.8, 4) is 11.5 Å². The van der Waals surface area contributed by atoms with Gasteiger partial charge in [-0.3, -0.25) is 0 Å². The summed E-state index contributed by atoms with van der Waals surface area (Å²) in [4.78, 5) is 0. The van der Waals surface area contributed by atoms with Gasteiger partial charge in [-0.2, -0.15) is 0 Å². The fraction of sp³-hybridized carbons (Fsp3) is 0.250. The molecule has 20 heavy (non-hydrogen) atoms. The molecule has 0 heterocycles. The van der Waals surface area contributed by atoms with Gasteiger partial charge in [0, 0.05) is 6.04 Å². The van der Waals surface area contributed by atoms with E-state index < -0.39 is 7.18 Å². The highest BCUT2D eigenvalue weighted by atomic mass is 79.9. The van der Waals surface area contributed by atoms with Crippen LogP contribution in [0, 0.1) is 0 Å². The summed E-state index contributed by atoms with van der Waals surface area (Å²) in [6.45, 7) is 2.17. The second-order valence-electron chi connectivity index (χ2n) is 4.59. The van der Waals surface area contributed by atoms with Crippen LogP contribution in [0.1, 0.15) is 19.8 Å². The van der Waals surface area contributed by atoms with Crippen molar-refractivity contribution in [3.63, 3.8) is 0 Å². The lowest BCUT2D eigenvalue weighted by Gasteiger charge is -2.26. The van der Waals surface area contributed by atoms with Gasteiger partial charge in [0.15, 0.2) is 0 Å². The van der Waals surface area contributed by atoms with Crippen LogP contribution in [0.5, 0.6) is 11.5 Å². The Kier molecular flexibility index (Phi) is 5.68. The highest BCUT2D eigenvalue weighted by Gasteiger charge is 2.39. The molecule has 2 aromatic rings. The van der Waals surface area contributed by atoms with Gasteiger partial charge in [0.1, 0.15) is 11.5 Å². The Hall–Kier alpha value is -1.26. The summed E-state index contributed by atoms with van der Waals surface area (Å²) in [5, 5.41) is 0. The van der Waals surface area contributed by atoms with Crippen molar-refractivity contribution >= 4 is 22.5 Å². The van der Waals surface area contributed by atoms with E-state index in [1.807, 2.05) is 60.7 Å². The highest BCUT2D eigenvalue weighted by Crippen LogP contribution is 2.28. The molecule has 0 bridgehead atoms. The summed E-state index contributed by atoms with van der Waals surface area (Å²) in [6, 6.07) is 20.6. The van der Waals surface area contributed by atoms with E-state index in [0.717, 1.165) is 30.4 Å². The van der Waals surface area contributed by atoms with E-state index in [1.54, 1.807) is 0 Å². The Balaban J connectivity index is 2.12. The van der Waals surface area contributed by atoms with E-state index in [2.05, 4.69) is 22.2 Å². The highest BCUT2D eigenvalue weighted by molar-refractivity contribution is 9.25. The zero-order chi connectivity index (χ0) is 14.3. The van der Waals surface area contributed by atoms with Crippen LogP contribution in [0.15, 0.2) is 60.7 Å². The van der Waals surface area contributed by atoms with Crippen molar-refractivity contribution < 1.29 is 8.85 Å². The van der Waals surface area contributed by atoms with Crippen molar-refractivity contribution in [1.82, 2.24) is 0 Å². The number of hydrogen-bond acceptors (Lipinski definition) is 2. The summed E-state index contributed by atoms with van der Waals surface area (Å²) in [5.74, 6) is 1.70. The molecule has 0 spiro atoms. The summed E-state index contributed by atoms with van der Waals surface area (Å²) in [7, 11) is -2.44. The molecule has 2 aromatic carbocycles. The van der Waals surface area contributed by atoms with E-state index in [9.17, 15) is 0 Å². The summed E-state index contributed by atoms with van der Waals surface area (Å²) in [6.07, 6.45) is 2.20. The molecule has 0 aliphatic heterocycles. The standard InChI is InChI=1S/C16H19BrO2Si/c1-2-3-14-20(17,18-15-10-6-4-7-11-15)19-16-12-8-5-9-13-16/h4-13H,2-3,14H2,1H3. The largest absolute Gasteiger partial charge is 0.537 e. The zero-order valence-corrected chi connectivity index (χ0v) is 14.2. The average Bonchev–Trinajstić information content (AvgIpc) is 2.47. The third-order valence-corrected chi connectivity index (χ3v) is 7.05. The van der Waals surface area contributed by atoms with Crippen LogP contribution in [0.3, 0.4) is 0 Å². The minimum Gasteiger partial charge on any atom is -0.504 e. The maximum absolute atomic E-state index is 6.14. The first-order valence-electron chi connectivity index (χ1n) is 6.89.